The lowest BCUT2D eigenvalue weighted by Crippen LogP contribution is -2.31. The lowest BCUT2D eigenvalue weighted by atomic mass is 10.1. The first-order valence-corrected chi connectivity index (χ1v) is 8.39. The predicted octanol–water partition coefficient (Wildman–Crippen LogP) is 3.93. The molecule has 138 valence electrons. The van der Waals surface area contributed by atoms with Gasteiger partial charge in [-0.1, -0.05) is 30.3 Å². The van der Waals surface area contributed by atoms with Crippen LogP contribution in [0.15, 0.2) is 66.7 Å². The summed E-state index contributed by atoms with van der Waals surface area (Å²) in [6, 6.07) is 18.6. The van der Waals surface area contributed by atoms with Crippen molar-refractivity contribution in [1.29, 1.82) is 0 Å². The van der Waals surface area contributed by atoms with Crippen LogP contribution in [0.3, 0.4) is 0 Å². The summed E-state index contributed by atoms with van der Waals surface area (Å²) in [5, 5.41) is 4.61. The Morgan fingerprint density at radius 3 is 2.44 bits per heavy atom. The molecule has 0 unspecified atom stereocenters. The summed E-state index contributed by atoms with van der Waals surface area (Å²) in [6.07, 6.45) is -1.01. The SMILES string of the molecule is C[C@H](OC(=O)COc1ccc2ccccc2c1)C(=O)Nc1ccc(F)cc1. The van der Waals surface area contributed by atoms with Crippen molar-refractivity contribution in [3.05, 3.63) is 72.5 Å². The molecular formula is C21H18FNO4. The van der Waals surface area contributed by atoms with Gasteiger partial charge < -0.3 is 14.8 Å². The number of hydrogen-bond acceptors (Lipinski definition) is 4. The lowest BCUT2D eigenvalue weighted by Gasteiger charge is -2.14. The van der Waals surface area contributed by atoms with Gasteiger partial charge in [-0.25, -0.2) is 9.18 Å². The van der Waals surface area contributed by atoms with Crippen LogP contribution < -0.4 is 10.1 Å². The Bertz CT molecular complexity index is 956. The van der Waals surface area contributed by atoms with E-state index in [9.17, 15) is 14.0 Å². The monoisotopic (exact) mass is 367 g/mol. The van der Waals surface area contributed by atoms with E-state index in [4.69, 9.17) is 9.47 Å². The van der Waals surface area contributed by atoms with E-state index in [-0.39, 0.29) is 6.61 Å². The van der Waals surface area contributed by atoms with Crippen LogP contribution in [0.5, 0.6) is 5.75 Å². The molecule has 27 heavy (non-hydrogen) atoms. The maximum Gasteiger partial charge on any atom is 0.344 e. The van der Waals surface area contributed by atoms with Crippen LogP contribution in [-0.2, 0) is 14.3 Å². The first kappa shape index (κ1) is 18.4. The normalized spacial score (nSPS) is 11.6. The van der Waals surface area contributed by atoms with Crippen LogP contribution in [-0.4, -0.2) is 24.6 Å². The number of ether oxygens (including phenoxy) is 2. The Kier molecular flexibility index (Phi) is 5.66. The quantitative estimate of drug-likeness (QED) is 0.671. The van der Waals surface area contributed by atoms with E-state index in [0.29, 0.717) is 11.4 Å². The maximum absolute atomic E-state index is 12.9. The van der Waals surface area contributed by atoms with Crippen molar-refractivity contribution in [1.82, 2.24) is 0 Å². The molecule has 0 radical (unpaired) electrons. The van der Waals surface area contributed by atoms with E-state index in [2.05, 4.69) is 5.32 Å². The average Bonchev–Trinajstić information content (AvgIpc) is 2.68. The fraction of sp³-hybridized carbons (Fsp3) is 0.143. The highest BCUT2D eigenvalue weighted by Gasteiger charge is 2.18. The molecule has 0 aliphatic carbocycles. The largest absolute Gasteiger partial charge is 0.482 e. The van der Waals surface area contributed by atoms with Crippen molar-refractivity contribution in [2.45, 2.75) is 13.0 Å². The van der Waals surface area contributed by atoms with Gasteiger partial charge in [-0.3, -0.25) is 4.79 Å². The summed E-state index contributed by atoms with van der Waals surface area (Å²) in [5.74, 6) is -1.04. The minimum atomic E-state index is -1.01. The molecule has 1 amide bonds. The number of carbonyl (C=O) groups is 2. The number of esters is 1. The van der Waals surface area contributed by atoms with Gasteiger partial charge in [0.15, 0.2) is 12.7 Å². The van der Waals surface area contributed by atoms with Crippen LogP contribution in [0.1, 0.15) is 6.92 Å². The Labute approximate surface area is 155 Å². The van der Waals surface area contributed by atoms with Crippen LogP contribution in [0.4, 0.5) is 10.1 Å². The number of fused-ring (bicyclic) bond motifs is 1. The zero-order chi connectivity index (χ0) is 19.2. The first-order chi connectivity index (χ1) is 13.0. The number of amides is 1. The van der Waals surface area contributed by atoms with Gasteiger partial charge in [0, 0.05) is 5.69 Å². The van der Waals surface area contributed by atoms with Gasteiger partial charge in [0.2, 0.25) is 0 Å². The second-order valence-electron chi connectivity index (χ2n) is 5.93. The molecular weight excluding hydrogens is 349 g/mol. The molecule has 5 nitrogen and oxygen atoms in total. The molecule has 0 bridgehead atoms. The van der Waals surface area contributed by atoms with Crippen LogP contribution >= 0.6 is 0 Å². The maximum atomic E-state index is 12.9. The van der Waals surface area contributed by atoms with Gasteiger partial charge in [-0.05, 0) is 54.1 Å². The molecule has 0 spiro atoms. The number of benzene rings is 3. The molecule has 0 aliphatic heterocycles. The molecule has 0 saturated carbocycles. The lowest BCUT2D eigenvalue weighted by molar-refractivity contribution is -0.155. The number of halogens is 1. The fourth-order valence-corrected chi connectivity index (χ4v) is 2.46. The highest BCUT2D eigenvalue weighted by atomic mass is 19.1. The Hall–Kier alpha value is -3.41. The summed E-state index contributed by atoms with van der Waals surface area (Å²) in [5.41, 5.74) is 0.414. The van der Waals surface area contributed by atoms with Gasteiger partial charge in [-0.15, -0.1) is 0 Å². The summed E-state index contributed by atoms with van der Waals surface area (Å²) in [7, 11) is 0. The third-order valence-corrected chi connectivity index (χ3v) is 3.87. The van der Waals surface area contributed by atoms with Crippen molar-refractivity contribution in [3.8, 4) is 5.75 Å². The van der Waals surface area contributed by atoms with Crippen molar-refractivity contribution in [2.75, 3.05) is 11.9 Å². The van der Waals surface area contributed by atoms with Crippen LogP contribution in [0.2, 0.25) is 0 Å². The van der Waals surface area contributed by atoms with Crippen molar-refractivity contribution >= 4 is 28.3 Å². The molecule has 1 N–H and O–H groups in total. The molecule has 3 aromatic rings. The Morgan fingerprint density at radius 1 is 1.00 bits per heavy atom. The topological polar surface area (TPSA) is 64.6 Å². The zero-order valence-corrected chi connectivity index (χ0v) is 14.6. The highest BCUT2D eigenvalue weighted by molar-refractivity contribution is 5.95. The molecule has 3 aromatic carbocycles. The summed E-state index contributed by atoms with van der Waals surface area (Å²) >= 11 is 0. The number of rotatable bonds is 6. The Balaban J connectivity index is 1.50. The van der Waals surface area contributed by atoms with Crippen LogP contribution in [0.25, 0.3) is 10.8 Å². The predicted molar refractivity (Wildman–Crippen MR) is 100 cm³/mol. The summed E-state index contributed by atoms with van der Waals surface area (Å²) < 4.78 is 23.4. The third kappa shape index (κ3) is 5.04. The second kappa shape index (κ2) is 8.31. The highest BCUT2D eigenvalue weighted by Crippen LogP contribution is 2.20. The molecule has 0 fully saturated rings. The second-order valence-corrected chi connectivity index (χ2v) is 5.93. The van der Waals surface area contributed by atoms with E-state index >= 15 is 0 Å². The molecule has 0 aliphatic rings. The average molecular weight is 367 g/mol. The van der Waals surface area contributed by atoms with Crippen molar-refractivity contribution in [3.63, 3.8) is 0 Å². The van der Waals surface area contributed by atoms with Gasteiger partial charge in [0.1, 0.15) is 11.6 Å². The molecule has 0 saturated heterocycles. The van der Waals surface area contributed by atoms with Crippen molar-refractivity contribution in [2.24, 2.45) is 0 Å². The van der Waals surface area contributed by atoms with Gasteiger partial charge in [-0.2, -0.15) is 0 Å². The minimum absolute atomic E-state index is 0.313. The van der Waals surface area contributed by atoms with Gasteiger partial charge in [0.25, 0.3) is 5.91 Å². The van der Waals surface area contributed by atoms with E-state index in [1.165, 1.54) is 31.2 Å². The standard InChI is InChI=1S/C21H18FNO4/c1-14(21(25)23-18-9-7-17(22)8-10-18)27-20(24)13-26-19-11-6-15-4-2-3-5-16(15)12-19/h2-12,14H,13H2,1H3,(H,23,25)/t14-/m0/s1. The Morgan fingerprint density at radius 2 is 1.70 bits per heavy atom. The number of carbonyl (C=O) groups excluding carboxylic acids is 2. The number of anilines is 1. The zero-order valence-electron chi connectivity index (χ0n) is 14.6. The molecule has 3 rings (SSSR count). The van der Waals surface area contributed by atoms with Crippen LogP contribution in [0, 0.1) is 5.82 Å². The number of hydrogen-bond donors (Lipinski definition) is 1. The minimum Gasteiger partial charge on any atom is -0.482 e. The molecule has 0 aromatic heterocycles. The van der Waals surface area contributed by atoms with Gasteiger partial charge in [0.05, 0.1) is 0 Å². The van der Waals surface area contributed by atoms with Gasteiger partial charge >= 0.3 is 5.97 Å². The smallest absolute Gasteiger partial charge is 0.344 e. The third-order valence-electron chi connectivity index (χ3n) is 3.87. The fourth-order valence-electron chi connectivity index (χ4n) is 2.46. The van der Waals surface area contributed by atoms with E-state index in [1.54, 1.807) is 6.07 Å². The van der Waals surface area contributed by atoms with Crippen molar-refractivity contribution < 1.29 is 23.5 Å². The molecule has 1 atom stereocenters. The first-order valence-electron chi connectivity index (χ1n) is 8.39. The summed E-state index contributed by atoms with van der Waals surface area (Å²) in [6.45, 7) is 1.14. The van der Waals surface area contributed by atoms with E-state index in [1.807, 2.05) is 36.4 Å². The summed E-state index contributed by atoms with van der Waals surface area (Å²) in [4.78, 5) is 23.9. The number of nitrogens with one attached hydrogen (secondary N) is 1. The molecule has 0 heterocycles. The van der Waals surface area contributed by atoms with E-state index < -0.39 is 23.8 Å². The van der Waals surface area contributed by atoms with E-state index in [0.717, 1.165) is 10.8 Å². The molecule has 6 heteroatoms.